The SMILES string of the molecule is CCC(C)CC(CC)(CN)NN1CCN(C)CC1. The third-order valence-electron chi connectivity index (χ3n) is 4.40. The molecule has 0 bridgehead atoms. The number of hydrogen-bond acceptors (Lipinski definition) is 4. The van der Waals surface area contributed by atoms with Gasteiger partial charge < -0.3 is 10.6 Å². The van der Waals surface area contributed by atoms with Crippen molar-refractivity contribution < 1.29 is 0 Å². The van der Waals surface area contributed by atoms with E-state index in [1.807, 2.05) is 0 Å². The van der Waals surface area contributed by atoms with Crippen molar-refractivity contribution >= 4 is 0 Å². The van der Waals surface area contributed by atoms with Gasteiger partial charge in [0.2, 0.25) is 0 Å². The van der Waals surface area contributed by atoms with Gasteiger partial charge in [-0.2, -0.15) is 0 Å². The van der Waals surface area contributed by atoms with Gasteiger partial charge in [0.15, 0.2) is 0 Å². The van der Waals surface area contributed by atoms with Crippen LogP contribution in [0.5, 0.6) is 0 Å². The van der Waals surface area contributed by atoms with Gasteiger partial charge in [-0.1, -0.05) is 27.2 Å². The molecule has 2 atom stereocenters. The molecule has 0 amide bonds. The number of hydrazine groups is 1. The molecule has 0 saturated carbocycles. The van der Waals surface area contributed by atoms with Crippen LogP contribution in [0, 0.1) is 5.92 Å². The lowest BCUT2D eigenvalue weighted by Crippen LogP contribution is -2.62. The van der Waals surface area contributed by atoms with Crippen LogP contribution in [-0.2, 0) is 0 Å². The summed E-state index contributed by atoms with van der Waals surface area (Å²) in [6, 6.07) is 0. The molecular formula is C14H32N4. The maximum absolute atomic E-state index is 6.07. The number of piperazine rings is 1. The summed E-state index contributed by atoms with van der Waals surface area (Å²) >= 11 is 0. The monoisotopic (exact) mass is 256 g/mol. The topological polar surface area (TPSA) is 44.5 Å². The third-order valence-corrected chi connectivity index (χ3v) is 4.40. The van der Waals surface area contributed by atoms with Gasteiger partial charge in [0.05, 0.1) is 0 Å². The number of rotatable bonds is 7. The predicted octanol–water partition coefficient (Wildman–Crippen LogP) is 1.28. The maximum Gasteiger partial charge on any atom is 0.0448 e. The van der Waals surface area contributed by atoms with E-state index in [0.29, 0.717) is 0 Å². The third kappa shape index (κ3) is 4.50. The van der Waals surface area contributed by atoms with Gasteiger partial charge in [-0.25, -0.2) is 10.4 Å². The summed E-state index contributed by atoms with van der Waals surface area (Å²) < 4.78 is 0. The Morgan fingerprint density at radius 3 is 2.28 bits per heavy atom. The highest BCUT2D eigenvalue weighted by atomic mass is 15.5. The second kappa shape index (κ2) is 7.43. The zero-order chi connectivity index (χ0) is 13.6. The fraction of sp³-hybridized carbons (Fsp3) is 1.00. The van der Waals surface area contributed by atoms with Crippen molar-refractivity contribution in [2.24, 2.45) is 11.7 Å². The molecule has 0 aromatic rings. The van der Waals surface area contributed by atoms with Gasteiger partial charge >= 0.3 is 0 Å². The number of nitrogens with two attached hydrogens (primary N) is 1. The minimum absolute atomic E-state index is 0.0886. The number of likely N-dealkylation sites (N-methyl/N-ethyl adjacent to an activating group) is 1. The molecule has 108 valence electrons. The first-order chi connectivity index (χ1) is 8.55. The highest BCUT2D eigenvalue weighted by molar-refractivity contribution is 4.89. The Morgan fingerprint density at radius 2 is 1.83 bits per heavy atom. The van der Waals surface area contributed by atoms with E-state index < -0.39 is 0 Å². The number of nitrogens with zero attached hydrogens (tertiary/aromatic N) is 2. The Kier molecular flexibility index (Phi) is 6.57. The lowest BCUT2D eigenvalue weighted by atomic mass is 9.85. The average Bonchev–Trinajstić information content (AvgIpc) is 2.40. The Bertz CT molecular complexity index is 220. The molecular weight excluding hydrogens is 224 g/mol. The van der Waals surface area contributed by atoms with Crippen molar-refractivity contribution in [1.29, 1.82) is 0 Å². The smallest absolute Gasteiger partial charge is 0.0448 e. The zero-order valence-corrected chi connectivity index (χ0v) is 12.7. The predicted molar refractivity (Wildman–Crippen MR) is 78.4 cm³/mol. The molecule has 0 radical (unpaired) electrons. The van der Waals surface area contributed by atoms with Crippen LogP contribution >= 0.6 is 0 Å². The minimum atomic E-state index is 0.0886. The van der Waals surface area contributed by atoms with E-state index in [0.717, 1.165) is 45.1 Å². The fourth-order valence-corrected chi connectivity index (χ4v) is 2.61. The zero-order valence-electron chi connectivity index (χ0n) is 12.7. The van der Waals surface area contributed by atoms with Crippen LogP contribution in [0.3, 0.4) is 0 Å². The first kappa shape index (κ1) is 15.9. The summed E-state index contributed by atoms with van der Waals surface area (Å²) in [4.78, 5) is 2.38. The van der Waals surface area contributed by atoms with Crippen molar-refractivity contribution in [1.82, 2.24) is 15.3 Å². The summed E-state index contributed by atoms with van der Waals surface area (Å²) in [6.07, 6.45) is 3.50. The van der Waals surface area contributed by atoms with Gasteiger partial charge in [-0.3, -0.25) is 0 Å². The van der Waals surface area contributed by atoms with Gasteiger partial charge in [0, 0.05) is 38.3 Å². The van der Waals surface area contributed by atoms with Crippen LogP contribution in [0.4, 0.5) is 0 Å². The molecule has 1 saturated heterocycles. The van der Waals surface area contributed by atoms with Crippen molar-refractivity contribution in [3.05, 3.63) is 0 Å². The van der Waals surface area contributed by atoms with Gasteiger partial charge in [0.1, 0.15) is 0 Å². The van der Waals surface area contributed by atoms with E-state index in [9.17, 15) is 0 Å². The quantitative estimate of drug-likeness (QED) is 0.720. The molecule has 0 aliphatic carbocycles. The van der Waals surface area contributed by atoms with Crippen LogP contribution in [0.1, 0.15) is 40.0 Å². The molecule has 0 aromatic heterocycles. The second-order valence-corrected chi connectivity index (χ2v) is 5.96. The average molecular weight is 256 g/mol. The Balaban J connectivity index is 2.55. The normalized spacial score (nSPS) is 23.8. The summed E-state index contributed by atoms with van der Waals surface area (Å²) in [5, 5.41) is 2.37. The second-order valence-electron chi connectivity index (χ2n) is 5.96. The van der Waals surface area contributed by atoms with Gasteiger partial charge in [-0.05, 0) is 25.8 Å². The Hall–Kier alpha value is -0.160. The standard InChI is InChI=1S/C14H32N4/c1-5-13(3)11-14(6-2,12-15)16-18-9-7-17(4)8-10-18/h13,16H,5-12,15H2,1-4H3. The van der Waals surface area contributed by atoms with Crippen LogP contribution in [0.25, 0.3) is 0 Å². The van der Waals surface area contributed by atoms with Crippen LogP contribution in [0.15, 0.2) is 0 Å². The van der Waals surface area contributed by atoms with E-state index in [1.54, 1.807) is 0 Å². The highest BCUT2D eigenvalue weighted by Gasteiger charge is 2.30. The number of hydrogen-bond donors (Lipinski definition) is 2. The minimum Gasteiger partial charge on any atom is -0.329 e. The van der Waals surface area contributed by atoms with Gasteiger partial charge in [0.25, 0.3) is 0 Å². The molecule has 1 rings (SSSR count). The lowest BCUT2D eigenvalue weighted by Gasteiger charge is -2.42. The van der Waals surface area contributed by atoms with Crippen molar-refractivity contribution in [3.8, 4) is 0 Å². The first-order valence-electron chi connectivity index (χ1n) is 7.46. The number of nitrogens with one attached hydrogen (secondary N) is 1. The molecule has 1 aliphatic rings. The van der Waals surface area contributed by atoms with Crippen molar-refractivity contribution in [2.75, 3.05) is 39.8 Å². The van der Waals surface area contributed by atoms with Crippen molar-refractivity contribution in [2.45, 2.75) is 45.6 Å². The van der Waals surface area contributed by atoms with E-state index in [4.69, 9.17) is 5.73 Å². The summed E-state index contributed by atoms with van der Waals surface area (Å²) in [6.45, 7) is 12.0. The molecule has 4 nitrogen and oxygen atoms in total. The largest absolute Gasteiger partial charge is 0.329 e. The molecule has 0 aromatic carbocycles. The maximum atomic E-state index is 6.07. The first-order valence-corrected chi connectivity index (χ1v) is 7.46. The van der Waals surface area contributed by atoms with Crippen LogP contribution < -0.4 is 11.2 Å². The fourth-order valence-electron chi connectivity index (χ4n) is 2.61. The summed E-state index contributed by atoms with van der Waals surface area (Å²) in [5.41, 5.74) is 9.89. The Morgan fingerprint density at radius 1 is 1.22 bits per heavy atom. The van der Waals surface area contributed by atoms with Crippen molar-refractivity contribution in [3.63, 3.8) is 0 Å². The van der Waals surface area contributed by atoms with Crippen LogP contribution in [0.2, 0.25) is 0 Å². The molecule has 4 heteroatoms. The molecule has 18 heavy (non-hydrogen) atoms. The molecule has 0 spiro atoms. The van der Waals surface area contributed by atoms with E-state index in [2.05, 4.69) is 43.2 Å². The molecule has 1 heterocycles. The Labute approximate surface area is 113 Å². The lowest BCUT2D eigenvalue weighted by molar-refractivity contribution is 0.0435. The highest BCUT2D eigenvalue weighted by Crippen LogP contribution is 2.22. The molecule has 1 fully saturated rings. The van der Waals surface area contributed by atoms with E-state index in [1.165, 1.54) is 12.8 Å². The summed E-state index contributed by atoms with van der Waals surface area (Å²) in [5.74, 6) is 0.730. The molecule has 2 unspecified atom stereocenters. The van der Waals surface area contributed by atoms with Crippen LogP contribution in [-0.4, -0.2) is 55.2 Å². The summed E-state index contributed by atoms with van der Waals surface area (Å²) in [7, 11) is 2.19. The molecule has 3 N–H and O–H groups in total. The van der Waals surface area contributed by atoms with Gasteiger partial charge in [-0.15, -0.1) is 0 Å². The molecule has 1 aliphatic heterocycles. The van der Waals surface area contributed by atoms with E-state index >= 15 is 0 Å². The van der Waals surface area contributed by atoms with E-state index in [-0.39, 0.29) is 5.54 Å².